The van der Waals surface area contributed by atoms with Crippen LogP contribution in [0.1, 0.15) is 41.7 Å². The van der Waals surface area contributed by atoms with Gasteiger partial charge in [0.05, 0.1) is 44.1 Å². The number of hydrogen-bond donors (Lipinski definition) is 1. The molecule has 2 fully saturated rings. The zero-order valence-electron chi connectivity index (χ0n) is 20.4. The number of anilines is 1. The van der Waals surface area contributed by atoms with E-state index in [1.165, 1.54) is 12.1 Å². The molecule has 2 aliphatic rings. The van der Waals surface area contributed by atoms with Crippen molar-refractivity contribution >= 4 is 11.7 Å². The average molecular weight is 542 g/mol. The predicted octanol–water partition coefficient (Wildman–Crippen LogP) is 4.40. The molecule has 3 aromatic heterocycles. The van der Waals surface area contributed by atoms with Crippen LogP contribution < -0.4 is 5.32 Å². The molecule has 1 saturated carbocycles. The molecule has 1 aromatic carbocycles. The summed E-state index contributed by atoms with van der Waals surface area (Å²) in [7, 11) is 0. The summed E-state index contributed by atoms with van der Waals surface area (Å²) in [6.45, 7) is 1.35. The Morgan fingerprint density at radius 1 is 1.10 bits per heavy atom. The van der Waals surface area contributed by atoms with Gasteiger partial charge in [-0.15, -0.1) is 0 Å². The number of nitrogens with one attached hydrogen (secondary N) is 1. The lowest BCUT2D eigenvalue weighted by molar-refractivity contribution is -0.165. The summed E-state index contributed by atoms with van der Waals surface area (Å²) in [4.78, 5) is 25.5. The van der Waals surface area contributed by atoms with E-state index in [1.807, 2.05) is 10.8 Å². The Morgan fingerprint density at radius 2 is 1.87 bits per heavy atom. The molecule has 4 heterocycles. The van der Waals surface area contributed by atoms with E-state index in [-0.39, 0.29) is 36.4 Å². The lowest BCUT2D eigenvalue weighted by atomic mass is 10.0. The second-order valence-corrected chi connectivity index (χ2v) is 9.76. The molecule has 6 rings (SSSR count). The van der Waals surface area contributed by atoms with Crippen LogP contribution in [-0.4, -0.2) is 50.0 Å². The highest BCUT2D eigenvalue weighted by atomic mass is 19.4. The van der Waals surface area contributed by atoms with Crippen LogP contribution in [0.5, 0.6) is 0 Å². The number of hydrogen-bond acceptors (Lipinski definition) is 7. The van der Waals surface area contributed by atoms with Crippen LogP contribution in [-0.2, 0) is 27.8 Å². The van der Waals surface area contributed by atoms with Crippen LogP contribution in [0.25, 0.3) is 11.1 Å². The van der Waals surface area contributed by atoms with Crippen molar-refractivity contribution in [3.8, 4) is 11.1 Å². The number of nitrogens with zero attached hydrogens (tertiary/aromatic N) is 5. The van der Waals surface area contributed by atoms with Crippen molar-refractivity contribution in [3.63, 3.8) is 0 Å². The van der Waals surface area contributed by atoms with E-state index in [0.717, 1.165) is 11.8 Å². The molecule has 1 aliphatic heterocycles. The minimum Gasteiger partial charge on any atom is -0.377 e. The first kappa shape index (κ1) is 25.2. The van der Waals surface area contributed by atoms with E-state index >= 15 is 0 Å². The number of carbonyl (C=O) groups is 1. The molecular weight excluding hydrogens is 520 g/mol. The van der Waals surface area contributed by atoms with Crippen LogP contribution in [0, 0.1) is 5.82 Å². The summed E-state index contributed by atoms with van der Waals surface area (Å²) in [5.74, 6) is -1.18. The summed E-state index contributed by atoms with van der Waals surface area (Å²) in [5, 5.41) is 5.88. The van der Waals surface area contributed by atoms with Gasteiger partial charge < -0.3 is 19.1 Å². The molecule has 0 radical (unpaired) electrons. The van der Waals surface area contributed by atoms with Gasteiger partial charge in [0, 0.05) is 30.2 Å². The maximum absolute atomic E-state index is 14.8. The first-order chi connectivity index (χ1) is 18.7. The number of benzene rings is 1. The molecule has 0 unspecified atom stereocenters. The van der Waals surface area contributed by atoms with Crippen molar-refractivity contribution in [1.29, 1.82) is 0 Å². The number of carbonyl (C=O) groups excluding carboxylic acids is 1. The molecule has 1 aliphatic carbocycles. The van der Waals surface area contributed by atoms with Crippen LogP contribution in [0.15, 0.2) is 53.7 Å². The Bertz CT molecular complexity index is 1510. The van der Waals surface area contributed by atoms with Gasteiger partial charge in [-0.05, 0) is 30.0 Å². The van der Waals surface area contributed by atoms with Crippen LogP contribution in [0.3, 0.4) is 0 Å². The monoisotopic (exact) mass is 542 g/mol. The molecule has 0 bridgehead atoms. The summed E-state index contributed by atoms with van der Waals surface area (Å²) < 4.78 is 66.6. The maximum Gasteiger partial charge on any atom is 0.401 e. The molecule has 1 saturated heterocycles. The first-order valence-electron chi connectivity index (χ1n) is 12.2. The Hall–Kier alpha value is -4.13. The largest absolute Gasteiger partial charge is 0.401 e. The Kier molecular flexibility index (Phi) is 6.17. The van der Waals surface area contributed by atoms with Crippen LogP contribution in [0.4, 0.5) is 23.4 Å². The van der Waals surface area contributed by atoms with Gasteiger partial charge in [0.1, 0.15) is 17.1 Å². The number of ether oxygens (including phenoxy) is 1. The van der Waals surface area contributed by atoms with Gasteiger partial charge in [-0.3, -0.25) is 4.79 Å². The number of rotatable bonds is 8. The third-order valence-electron chi connectivity index (χ3n) is 7.02. The third-order valence-corrected chi connectivity index (χ3v) is 7.02. The number of amides is 1. The molecule has 4 aromatic rings. The molecule has 1 amide bonds. The normalized spacial score (nSPS) is 16.6. The fourth-order valence-electron chi connectivity index (χ4n) is 4.41. The van der Waals surface area contributed by atoms with Gasteiger partial charge in [0.2, 0.25) is 5.91 Å². The van der Waals surface area contributed by atoms with E-state index in [9.17, 15) is 22.4 Å². The zero-order valence-corrected chi connectivity index (χ0v) is 20.4. The maximum atomic E-state index is 14.8. The molecule has 202 valence electrons. The minimum absolute atomic E-state index is 0.0909. The summed E-state index contributed by atoms with van der Waals surface area (Å²) in [5.41, 5.74) is 0.0257. The number of imidazole rings is 1. The zero-order chi connectivity index (χ0) is 27.2. The second kappa shape index (κ2) is 9.56. The van der Waals surface area contributed by atoms with E-state index in [0.29, 0.717) is 42.6 Å². The van der Waals surface area contributed by atoms with E-state index in [4.69, 9.17) is 9.26 Å². The molecule has 13 heteroatoms. The highest BCUT2D eigenvalue weighted by Gasteiger charge is 2.66. The van der Waals surface area contributed by atoms with Gasteiger partial charge in [0.15, 0.2) is 11.6 Å². The van der Waals surface area contributed by atoms with Gasteiger partial charge in [-0.25, -0.2) is 19.3 Å². The first-order valence-corrected chi connectivity index (χ1v) is 12.2. The van der Waals surface area contributed by atoms with Crippen molar-refractivity contribution in [2.75, 3.05) is 18.5 Å². The van der Waals surface area contributed by atoms with Gasteiger partial charge in [0.25, 0.3) is 0 Å². The summed E-state index contributed by atoms with van der Waals surface area (Å²) in [6.07, 6.45) is 2.37. The quantitative estimate of drug-likeness (QED) is 0.329. The van der Waals surface area contributed by atoms with Gasteiger partial charge in [-0.1, -0.05) is 17.3 Å². The number of aromatic nitrogens is 5. The molecular formula is C26H22F4N6O3. The highest BCUT2D eigenvalue weighted by Crippen LogP contribution is 2.59. The van der Waals surface area contributed by atoms with Crippen molar-refractivity contribution in [1.82, 2.24) is 24.7 Å². The number of alkyl halides is 3. The SMILES string of the molecule is O=C(Cc1ccc(-c2cnc(Cc3cn(C4COC4)cn3)nc2)cc1F)Nc1cc(C2(C(F)(F)F)CC2)on1. The van der Waals surface area contributed by atoms with Crippen molar-refractivity contribution in [2.45, 2.75) is 43.3 Å². The molecule has 39 heavy (non-hydrogen) atoms. The average Bonchev–Trinajstić information content (AvgIpc) is 3.38. The standard InChI is InChI=1S/C26H22F4N6O3/c27-20-5-15(17-9-31-22(32-10-17)7-18-11-36(14-33-18)19-12-38-13-19)1-2-16(20)6-24(37)34-23-8-21(39-35-23)25(3-4-25)26(28,29)30/h1-2,5,8-11,14,19H,3-4,6-7,12-13H2,(H,34,35,37). The minimum atomic E-state index is -4.46. The Balaban J connectivity index is 1.07. The number of halogens is 4. The third kappa shape index (κ3) is 5.01. The molecule has 9 nitrogen and oxygen atoms in total. The van der Waals surface area contributed by atoms with Crippen molar-refractivity contribution < 1.29 is 31.6 Å². The van der Waals surface area contributed by atoms with Crippen molar-refractivity contribution in [3.05, 3.63) is 77.8 Å². The molecule has 1 N–H and O–H groups in total. The van der Waals surface area contributed by atoms with Crippen LogP contribution in [0.2, 0.25) is 0 Å². The Morgan fingerprint density at radius 3 is 2.51 bits per heavy atom. The highest BCUT2D eigenvalue weighted by molar-refractivity contribution is 5.91. The smallest absolute Gasteiger partial charge is 0.377 e. The topological polar surface area (TPSA) is 108 Å². The fourth-order valence-corrected chi connectivity index (χ4v) is 4.41. The van der Waals surface area contributed by atoms with E-state index < -0.39 is 23.3 Å². The fraction of sp³-hybridized carbons (Fsp3) is 0.346. The van der Waals surface area contributed by atoms with E-state index in [1.54, 1.807) is 24.8 Å². The van der Waals surface area contributed by atoms with Crippen LogP contribution >= 0.6 is 0 Å². The summed E-state index contributed by atoms with van der Waals surface area (Å²) in [6, 6.07) is 5.76. The summed E-state index contributed by atoms with van der Waals surface area (Å²) >= 11 is 0. The van der Waals surface area contributed by atoms with Gasteiger partial charge in [-0.2, -0.15) is 13.2 Å². The lowest BCUT2D eigenvalue weighted by Gasteiger charge is -2.26. The van der Waals surface area contributed by atoms with E-state index in [2.05, 4.69) is 25.4 Å². The van der Waals surface area contributed by atoms with Gasteiger partial charge >= 0.3 is 6.18 Å². The molecule has 0 atom stereocenters. The second-order valence-electron chi connectivity index (χ2n) is 9.76. The lowest BCUT2D eigenvalue weighted by Crippen LogP contribution is -2.29. The Labute approximate surface area is 219 Å². The van der Waals surface area contributed by atoms with Crippen molar-refractivity contribution in [2.24, 2.45) is 0 Å². The predicted molar refractivity (Wildman–Crippen MR) is 128 cm³/mol. The molecule has 0 spiro atoms.